The van der Waals surface area contributed by atoms with Gasteiger partial charge in [0.1, 0.15) is 5.69 Å². The number of nitro groups is 1. The number of nitrogens with one attached hydrogen (secondary N) is 1. The Bertz CT molecular complexity index is 518. The van der Waals surface area contributed by atoms with Crippen LogP contribution in [0.2, 0.25) is 0 Å². The Kier molecular flexibility index (Phi) is 3.53. The minimum atomic E-state index is -0.649. The summed E-state index contributed by atoms with van der Waals surface area (Å²) in [5.74, 6) is -0.244. The van der Waals surface area contributed by atoms with E-state index in [1.54, 1.807) is 12.1 Å². The van der Waals surface area contributed by atoms with Crippen molar-refractivity contribution in [1.29, 1.82) is 0 Å². The molecule has 2 atom stereocenters. The zero-order valence-electron chi connectivity index (χ0n) is 10.8. The summed E-state index contributed by atoms with van der Waals surface area (Å²) in [4.78, 5) is 22.7. The predicted molar refractivity (Wildman–Crippen MR) is 71.7 cm³/mol. The van der Waals surface area contributed by atoms with Crippen LogP contribution in [0.4, 0.5) is 11.4 Å². The topological polar surface area (TPSA) is 98.3 Å². The van der Waals surface area contributed by atoms with E-state index >= 15 is 0 Å². The van der Waals surface area contributed by atoms with Crippen LogP contribution in [0.25, 0.3) is 0 Å². The first-order valence-electron chi connectivity index (χ1n) is 6.25. The smallest absolute Gasteiger partial charge is 0.292 e. The van der Waals surface area contributed by atoms with Gasteiger partial charge in [-0.3, -0.25) is 14.9 Å². The number of carbonyl (C=O) groups excluding carboxylic acids is 1. The number of nitrogens with zero attached hydrogens (tertiary/aromatic N) is 1. The Balaban J connectivity index is 2.22. The van der Waals surface area contributed by atoms with E-state index in [0.717, 1.165) is 12.8 Å². The van der Waals surface area contributed by atoms with Gasteiger partial charge in [-0.25, -0.2) is 0 Å². The van der Waals surface area contributed by atoms with Crippen molar-refractivity contribution in [2.24, 2.45) is 11.1 Å². The van der Waals surface area contributed by atoms with Gasteiger partial charge in [0.25, 0.3) is 5.69 Å². The average Bonchev–Trinajstić information content (AvgIpc) is 2.71. The fourth-order valence-corrected chi connectivity index (χ4v) is 2.48. The summed E-state index contributed by atoms with van der Waals surface area (Å²) in [6.45, 7) is 1.81. The molecule has 0 heterocycles. The highest BCUT2D eigenvalue weighted by atomic mass is 16.6. The first kappa shape index (κ1) is 13.5. The van der Waals surface area contributed by atoms with Gasteiger partial charge in [-0.05, 0) is 25.8 Å². The molecule has 0 aromatic heterocycles. The van der Waals surface area contributed by atoms with E-state index in [-0.39, 0.29) is 23.3 Å². The molecule has 3 N–H and O–H groups in total. The van der Waals surface area contributed by atoms with E-state index in [1.165, 1.54) is 12.1 Å². The highest BCUT2D eigenvalue weighted by molar-refractivity contribution is 5.97. The Morgan fingerprint density at radius 2 is 2.21 bits per heavy atom. The lowest BCUT2D eigenvalue weighted by atomic mass is 9.84. The fraction of sp³-hybridized carbons (Fsp3) is 0.462. The van der Waals surface area contributed by atoms with Crippen molar-refractivity contribution >= 4 is 17.3 Å². The second-order valence-electron chi connectivity index (χ2n) is 5.14. The normalized spacial score (nSPS) is 26.1. The first-order valence-corrected chi connectivity index (χ1v) is 6.25. The molecule has 19 heavy (non-hydrogen) atoms. The Morgan fingerprint density at radius 1 is 1.53 bits per heavy atom. The van der Waals surface area contributed by atoms with Crippen molar-refractivity contribution in [3.05, 3.63) is 34.4 Å². The van der Waals surface area contributed by atoms with Crippen LogP contribution >= 0.6 is 0 Å². The molecule has 0 spiro atoms. The molecule has 1 saturated carbocycles. The summed E-state index contributed by atoms with van der Waals surface area (Å²) in [7, 11) is 0. The van der Waals surface area contributed by atoms with Crippen LogP contribution < -0.4 is 11.1 Å². The molecule has 102 valence electrons. The maximum absolute atomic E-state index is 12.3. The molecule has 1 aromatic rings. The molecular weight excluding hydrogens is 246 g/mol. The molecule has 2 unspecified atom stereocenters. The SMILES string of the molecule is CC1(C(=O)Nc2ccccc2[N+](=O)[O-])CCCC1N. The quantitative estimate of drug-likeness (QED) is 0.644. The lowest BCUT2D eigenvalue weighted by Gasteiger charge is -2.27. The van der Waals surface area contributed by atoms with Crippen LogP contribution in [0.3, 0.4) is 0 Å². The molecule has 1 aromatic carbocycles. The van der Waals surface area contributed by atoms with Crippen molar-refractivity contribution < 1.29 is 9.72 Å². The molecule has 6 heteroatoms. The highest BCUT2D eigenvalue weighted by Gasteiger charge is 2.43. The second-order valence-corrected chi connectivity index (χ2v) is 5.14. The van der Waals surface area contributed by atoms with Gasteiger partial charge in [0.15, 0.2) is 0 Å². The standard InChI is InChI=1S/C13H17N3O3/c1-13(8-4-7-11(13)14)12(17)15-9-5-2-3-6-10(9)16(18)19/h2-3,5-6,11H,4,7-8,14H2,1H3,(H,15,17). The summed E-state index contributed by atoms with van der Waals surface area (Å²) in [6.07, 6.45) is 2.42. The lowest BCUT2D eigenvalue weighted by Crippen LogP contribution is -2.44. The first-order chi connectivity index (χ1) is 8.95. The molecular formula is C13H17N3O3. The summed E-state index contributed by atoms with van der Waals surface area (Å²) < 4.78 is 0. The van der Waals surface area contributed by atoms with E-state index in [4.69, 9.17) is 5.73 Å². The van der Waals surface area contributed by atoms with Crippen molar-refractivity contribution in [2.45, 2.75) is 32.2 Å². The number of hydrogen-bond acceptors (Lipinski definition) is 4. The zero-order chi connectivity index (χ0) is 14.0. The maximum Gasteiger partial charge on any atom is 0.292 e. The van der Waals surface area contributed by atoms with Gasteiger partial charge < -0.3 is 11.1 Å². The Labute approximate surface area is 111 Å². The summed E-state index contributed by atoms with van der Waals surface area (Å²) in [6, 6.07) is 5.91. The summed E-state index contributed by atoms with van der Waals surface area (Å²) >= 11 is 0. The van der Waals surface area contributed by atoms with Crippen molar-refractivity contribution in [1.82, 2.24) is 0 Å². The van der Waals surface area contributed by atoms with Crippen LogP contribution in [0.15, 0.2) is 24.3 Å². The van der Waals surface area contributed by atoms with Crippen LogP contribution in [0.1, 0.15) is 26.2 Å². The third kappa shape index (κ3) is 2.44. The number of anilines is 1. The molecule has 0 radical (unpaired) electrons. The van der Waals surface area contributed by atoms with E-state index in [1.807, 2.05) is 6.92 Å². The average molecular weight is 263 g/mol. The number of para-hydroxylation sites is 2. The maximum atomic E-state index is 12.3. The van der Waals surface area contributed by atoms with Gasteiger partial charge in [0.2, 0.25) is 5.91 Å². The zero-order valence-corrected chi connectivity index (χ0v) is 10.8. The molecule has 1 aliphatic carbocycles. The van der Waals surface area contributed by atoms with Crippen molar-refractivity contribution in [2.75, 3.05) is 5.32 Å². The largest absolute Gasteiger partial charge is 0.327 e. The molecule has 2 rings (SSSR count). The number of carbonyl (C=O) groups is 1. The van der Waals surface area contributed by atoms with Crippen LogP contribution in [0.5, 0.6) is 0 Å². The van der Waals surface area contributed by atoms with Gasteiger partial charge in [-0.15, -0.1) is 0 Å². The Hall–Kier alpha value is -1.95. The number of rotatable bonds is 3. The molecule has 1 fully saturated rings. The van der Waals surface area contributed by atoms with Gasteiger partial charge >= 0.3 is 0 Å². The summed E-state index contributed by atoms with van der Waals surface area (Å²) in [5.41, 5.74) is 5.44. The van der Waals surface area contributed by atoms with Gasteiger partial charge in [-0.1, -0.05) is 18.6 Å². The minimum absolute atomic E-state index is 0.106. The van der Waals surface area contributed by atoms with Crippen molar-refractivity contribution in [3.8, 4) is 0 Å². The predicted octanol–water partition coefficient (Wildman–Crippen LogP) is 2.05. The van der Waals surface area contributed by atoms with Crippen molar-refractivity contribution in [3.63, 3.8) is 0 Å². The third-order valence-corrected chi connectivity index (χ3v) is 3.90. The molecule has 0 aliphatic heterocycles. The van der Waals surface area contributed by atoms with E-state index in [0.29, 0.717) is 6.42 Å². The number of nitro benzene ring substituents is 1. The summed E-state index contributed by atoms with van der Waals surface area (Å²) in [5, 5.41) is 13.5. The lowest BCUT2D eigenvalue weighted by molar-refractivity contribution is -0.383. The molecule has 6 nitrogen and oxygen atoms in total. The molecule has 1 aliphatic rings. The number of hydrogen-bond donors (Lipinski definition) is 2. The molecule has 0 bridgehead atoms. The number of amides is 1. The fourth-order valence-electron chi connectivity index (χ4n) is 2.48. The number of nitrogens with two attached hydrogens (primary N) is 1. The van der Waals surface area contributed by atoms with Crippen LogP contribution in [0, 0.1) is 15.5 Å². The van der Waals surface area contributed by atoms with Gasteiger partial charge in [0.05, 0.1) is 10.3 Å². The van der Waals surface area contributed by atoms with Crippen LogP contribution in [-0.2, 0) is 4.79 Å². The highest BCUT2D eigenvalue weighted by Crippen LogP contribution is 2.38. The number of benzene rings is 1. The van der Waals surface area contributed by atoms with E-state index in [2.05, 4.69) is 5.32 Å². The Morgan fingerprint density at radius 3 is 2.79 bits per heavy atom. The van der Waals surface area contributed by atoms with E-state index in [9.17, 15) is 14.9 Å². The van der Waals surface area contributed by atoms with E-state index < -0.39 is 10.3 Å². The second kappa shape index (κ2) is 4.97. The minimum Gasteiger partial charge on any atom is -0.327 e. The third-order valence-electron chi connectivity index (χ3n) is 3.90. The monoisotopic (exact) mass is 263 g/mol. The molecule has 0 saturated heterocycles. The van der Waals surface area contributed by atoms with Gasteiger partial charge in [-0.2, -0.15) is 0 Å². The molecule has 1 amide bonds. The van der Waals surface area contributed by atoms with Crippen LogP contribution in [-0.4, -0.2) is 16.9 Å². The van der Waals surface area contributed by atoms with Gasteiger partial charge in [0, 0.05) is 12.1 Å².